The van der Waals surface area contributed by atoms with E-state index in [0.717, 1.165) is 9.75 Å². The third kappa shape index (κ3) is 3.82. The Balaban J connectivity index is 1.96. The summed E-state index contributed by atoms with van der Waals surface area (Å²) in [5.41, 5.74) is -0.0790. The van der Waals surface area contributed by atoms with Gasteiger partial charge in [0.2, 0.25) is 5.56 Å². The number of amides is 1. The molecule has 2 aromatic rings. The zero-order valence-electron chi connectivity index (χ0n) is 10.5. The second-order valence-electron chi connectivity index (χ2n) is 3.84. The van der Waals surface area contributed by atoms with Gasteiger partial charge >= 0.3 is 0 Å². The van der Waals surface area contributed by atoms with E-state index in [1.54, 1.807) is 6.07 Å². The van der Waals surface area contributed by atoms with Gasteiger partial charge in [0.05, 0.1) is 11.4 Å². The van der Waals surface area contributed by atoms with E-state index in [2.05, 4.69) is 22.1 Å². The van der Waals surface area contributed by atoms with E-state index in [1.165, 1.54) is 23.5 Å². The highest BCUT2D eigenvalue weighted by Gasteiger charge is 2.06. The van der Waals surface area contributed by atoms with Gasteiger partial charge in [0.25, 0.3) is 5.91 Å². The minimum atomic E-state index is -0.334. The SMILES string of the molecule is O=C(NCc1ccc(C#CCO)s1)c1cccc(=O)[nH]1. The molecule has 0 unspecified atom stereocenters. The Morgan fingerprint density at radius 3 is 2.95 bits per heavy atom. The molecule has 0 saturated carbocycles. The van der Waals surface area contributed by atoms with Crippen LogP contribution in [0.15, 0.2) is 35.1 Å². The Hall–Kier alpha value is -2.36. The topological polar surface area (TPSA) is 82.2 Å². The second-order valence-corrected chi connectivity index (χ2v) is 5.01. The molecule has 0 aliphatic carbocycles. The zero-order valence-corrected chi connectivity index (χ0v) is 11.3. The molecule has 0 fully saturated rings. The maximum absolute atomic E-state index is 11.8. The zero-order chi connectivity index (χ0) is 14.4. The van der Waals surface area contributed by atoms with Gasteiger partial charge in [-0.2, -0.15) is 0 Å². The highest BCUT2D eigenvalue weighted by atomic mass is 32.1. The number of carbonyl (C=O) groups excluding carboxylic acids is 1. The molecule has 0 aromatic carbocycles. The fraction of sp³-hybridized carbons (Fsp3) is 0.143. The number of nitrogens with one attached hydrogen (secondary N) is 2. The van der Waals surface area contributed by atoms with E-state index in [4.69, 9.17) is 5.11 Å². The molecule has 20 heavy (non-hydrogen) atoms. The Morgan fingerprint density at radius 1 is 1.35 bits per heavy atom. The summed E-state index contributed by atoms with van der Waals surface area (Å²) >= 11 is 1.44. The summed E-state index contributed by atoms with van der Waals surface area (Å²) in [5, 5.41) is 11.3. The van der Waals surface area contributed by atoms with E-state index in [0.29, 0.717) is 6.54 Å². The van der Waals surface area contributed by atoms with Crippen LogP contribution in [-0.4, -0.2) is 22.6 Å². The molecular formula is C14H12N2O3S. The van der Waals surface area contributed by atoms with Crippen LogP contribution in [0.1, 0.15) is 20.2 Å². The standard InChI is InChI=1S/C14H12N2O3S/c17-8-2-3-10-6-7-11(20-10)9-15-14(19)12-4-1-5-13(18)16-12/h1,4-7,17H,8-9H2,(H,15,19)(H,16,18). The lowest BCUT2D eigenvalue weighted by Crippen LogP contribution is -2.25. The lowest BCUT2D eigenvalue weighted by molar-refractivity contribution is 0.0946. The summed E-state index contributed by atoms with van der Waals surface area (Å²) in [7, 11) is 0. The average Bonchev–Trinajstić information content (AvgIpc) is 2.90. The maximum Gasteiger partial charge on any atom is 0.268 e. The van der Waals surface area contributed by atoms with Crippen molar-refractivity contribution in [2.45, 2.75) is 6.54 Å². The maximum atomic E-state index is 11.8. The number of thiophene rings is 1. The number of carbonyl (C=O) groups is 1. The Morgan fingerprint density at radius 2 is 2.20 bits per heavy atom. The number of aliphatic hydroxyl groups is 1. The number of aliphatic hydroxyl groups excluding tert-OH is 1. The van der Waals surface area contributed by atoms with Gasteiger partial charge in [-0.25, -0.2) is 0 Å². The van der Waals surface area contributed by atoms with Gasteiger partial charge < -0.3 is 15.4 Å². The van der Waals surface area contributed by atoms with Crippen LogP contribution in [0.4, 0.5) is 0 Å². The lowest BCUT2D eigenvalue weighted by atomic mass is 10.3. The third-order valence-corrected chi connectivity index (χ3v) is 3.39. The fourth-order valence-corrected chi connectivity index (χ4v) is 2.33. The predicted molar refractivity (Wildman–Crippen MR) is 76.5 cm³/mol. The monoisotopic (exact) mass is 288 g/mol. The second kappa shape index (κ2) is 6.70. The molecule has 0 aliphatic heterocycles. The van der Waals surface area contributed by atoms with Crippen LogP contribution >= 0.6 is 11.3 Å². The average molecular weight is 288 g/mol. The third-order valence-electron chi connectivity index (χ3n) is 2.39. The van der Waals surface area contributed by atoms with Crippen LogP contribution in [0.2, 0.25) is 0 Å². The number of aromatic amines is 1. The molecule has 0 saturated heterocycles. The van der Waals surface area contributed by atoms with Gasteiger partial charge in [-0.1, -0.05) is 17.9 Å². The molecule has 2 rings (SSSR count). The highest BCUT2D eigenvalue weighted by Crippen LogP contribution is 2.15. The van der Waals surface area contributed by atoms with Crippen molar-refractivity contribution in [1.82, 2.24) is 10.3 Å². The minimum absolute atomic E-state index is 0.175. The van der Waals surface area contributed by atoms with Crippen LogP contribution in [0.5, 0.6) is 0 Å². The number of hydrogen-bond acceptors (Lipinski definition) is 4. The molecule has 0 radical (unpaired) electrons. The van der Waals surface area contributed by atoms with Crippen molar-refractivity contribution >= 4 is 17.2 Å². The lowest BCUT2D eigenvalue weighted by Gasteiger charge is -2.02. The first-order chi connectivity index (χ1) is 9.69. The molecule has 5 nitrogen and oxygen atoms in total. The molecule has 102 valence electrons. The molecule has 0 spiro atoms. The van der Waals surface area contributed by atoms with E-state index in [9.17, 15) is 9.59 Å². The van der Waals surface area contributed by atoms with E-state index in [1.807, 2.05) is 12.1 Å². The van der Waals surface area contributed by atoms with Crippen molar-refractivity contribution in [3.63, 3.8) is 0 Å². The quantitative estimate of drug-likeness (QED) is 0.728. The minimum Gasteiger partial charge on any atom is -0.384 e. The summed E-state index contributed by atoms with van der Waals surface area (Å²) in [6, 6.07) is 8.12. The molecule has 6 heteroatoms. The summed E-state index contributed by atoms with van der Waals surface area (Å²) < 4.78 is 0. The van der Waals surface area contributed by atoms with Gasteiger partial charge in [0.15, 0.2) is 0 Å². The predicted octanol–water partition coefficient (Wildman–Crippen LogP) is 0.710. The Labute approximate surface area is 119 Å². The summed E-state index contributed by atoms with van der Waals surface area (Å²) in [4.78, 5) is 27.2. The van der Waals surface area contributed by atoms with E-state index in [-0.39, 0.29) is 23.8 Å². The summed E-state index contributed by atoms with van der Waals surface area (Å²) in [6.45, 7) is 0.187. The van der Waals surface area contributed by atoms with Crippen molar-refractivity contribution < 1.29 is 9.90 Å². The Bertz CT molecular complexity index is 722. The number of H-pyrrole nitrogens is 1. The molecule has 0 atom stereocenters. The largest absolute Gasteiger partial charge is 0.384 e. The first kappa shape index (κ1) is 14.1. The Kier molecular flexibility index (Phi) is 4.71. The molecule has 3 N–H and O–H groups in total. The van der Waals surface area contributed by atoms with Crippen LogP contribution in [0.25, 0.3) is 0 Å². The van der Waals surface area contributed by atoms with Crippen LogP contribution in [0, 0.1) is 11.8 Å². The van der Waals surface area contributed by atoms with Crippen molar-refractivity contribution in [1.29, 1.82) is 0 Å². The molecule has 0 aliphatic rings. The number of aromatic nitrogens is 1. The molecule has 2 heterocycles. The van der Waals surface area contributed by atoms with Gasteiger partial charge in [-0.3, -0.25) is 9.59 Å². The number of pyridine rings is 1. The summed E-state index contributed by atoms with van der Waals surface area (Å²) in [6.07, 6.45) is 0. The number of rotatable bonds is 3. The fourth-order valence-electron chi connectivity index (χ4n) is 1.51. The van der Waals surface area contributed by atoms with E-state index < -0.39 is 0 Å². The normalized spacial score (nSPS) is 9.65. The first-order valence-electron chi connectivity index (χ1n) is 5.85. The van der Waals surface area contributed by atoms with Crippen LogP contribution < -0.4 is 10.9 Å². The van der Waals surface area contributed by atoms with E-state index >= 15 is 0 Å². The molecule has 1 amide bonds. The van der Waals surface area contributed by atoms with Crippen LogP contribution in [-0.2, 0) is 6.54 Å². The molecular weight excluding hydrogens is 276 g/mol. The van der Waals surface area contributed by atoms with Crippen molar-refractivity contribution in [2.75, 3.05) is 6.61 Å². The van der Waals surface area contributed by atoms with Crippen LogP contribution in [0.3, 0.4) is 0 Å². The van der Waals surface area contributed by atoms with Crippen molar-refractivity contribution in [3.8, 4) is 11.8 Å². The highest BCUT2D eigenvalue weighted by molar-refractivity contribution is 7.12. The smallest absolute Gasteiger partial charge is 0.268 e. The van der Waals surface area contributed by atoms with Gasteiger partial charge in [-0.05, 0) is 18.2 Å². The van der Waals surface area contributed by atoms with Gasteiger partial charge in [0.1, 0.15) is 12.3 Å². The van der Waals surface area contributed by atoms with Gasteiger partial charge in [0, 0.05) is 10.9 Å². The summed E-state index contributed by atoms with van der Waals surface area (Å²) in [5.74, 6) is 5.03. The molecule has 2 aromatic heterocycles. The van der Waals surface area contributed by atoms with Crippen molar-refractivity contribution in [2.24, 2.45) is 0 Å². The first-order valence-corrected chi connectivity index (χ1v) is 6.66. The van der Waals surface area contributed by atoms with Gasteiger partial charge in [-0.15, -0.1) is 11.3 Å². The number of hydrogen-bond donors (Lipinski definition) is 3. The molecule has 0 bridgehead atoms. The van der Waals surface area contributed by atoms with Crippen molar-refractivity contribution in [3.05, 3.63) is 56.1 Å².